The Morgan fingerprint density at radius 1 is 1.15 bits per heavy atom. The quantitative estimate of drug-likeness (QED) is 0.898. The highest BCUT2D eigenvalue weighted by molar-refractivity contribution is 5.82. The molecule has 0 aliphatic carbocycles. The summed E-state index contributed by atoms with van der Waals surface area (Å²) >= 11 is 0. The molecule has 26 heavy (non-hydrogen) atoms. The van der Waals surface area contributed by atoms with Crippen LogP contribution in [0.25, 0.3) is 0 Å². The van der Waals surface area contributed by atoms with Crippen molar-refractivity contribution in [3.63, 3.8) is 0 Å². The second-order valence-electron chi connectivity index (χ2n) is 7.11. The third-order valence-corrected chi connectivity index (χ3v) is 5.37. The van der Waals surface area contributed by atoms with Gasteiger partial charge in [-0.25, -0.2) is 0 Å². The number of carbonyl (C=O) groups excluding carboxylic acids is 1. The first-order chi connectivity index (χ1) is 12.7. The average Bonchev–Trinajstić information content (AvgIpc) is 2.88. The van der Waals surface area contributed by atoms with Crippen LogP contribution in [0.4, 0.5) is 0 Å². The lowest BCUT2D eigenvalue weighted by Gasteiger charge is -2.36. The normalized spacial score (nSPS) is 19.9. The maximum absolute atomic E-state index is 13.3. The summed E-state index contributed by atoms with van der Waals surface area (Å²) in [6, 6.07) is 13.9. The van der Waals surface area contributed by atoms with Crippen LogP contribution in [0, 0.1) is 0 Å². The third kappa shape index (κ3) is 3.20. The molecular formula is C21H24N2O3. The van der Waals surface area contributed by atoms with Crippen LogP contribution in [-0.2, 0) is 30.9 Å². The monoisotopic (exact) mass is 352 g/mol. The fourth-order valence-corrected chi connectivity index (χ4v) is 3.87. The van der Waals surface area contributed by atoms with Crippen LogP contribution in [0.3, 0.4) is 0 Å². The lowest BCUT2D eigenvalue weighted by atomic mass is 9.93. The van der Waals surface area contributed by atoms with E-state index in [0.717, 1.165) is 29.8 Å². The van der Waals surface area contributed by atoms with Crippen LogP contribution in [0.5, 0.6) is 5.75 Å². The Morgan fingerprint density at radius 3 is 2.77 bits per heavy atom. The van der Waals surface area contributed by atoms with Crippen LogP contribution in [0.1, 0.15) is 22.3 Å². The largest absolute Gasteiger partial charge is 0.491 e. The molecule has 0 radical (unpaired) electrons. The third-order valence-electron chi connectivity index (χ3n) is 5.37. The number of carbonyl (C=O) groups is 1. The van der Waals surface area contributed by atoms with Crippen LogP contribution in [0.15, 0.2) is 42.5 Å². The molecule has 136 valence electrons. The van der Waals surface area contributed by atoms with Crippen LogP contribution in [-0.4, -0.2) is 47.1 Å². The Labute approximate surface area is 153 Å². The van der Waals surface area contributed by atoms with Gasteiger partial charge in [0.2, 0.25) is 5.91 Å². The van der Waals surface area contributed by atoms with E-state index >= 15 is 0 Å². The Kier molecular flexibility index (Phi) is 4.66. The summed E-state index contributed by atoms with van der Waals surface area (Å²) in [5.41, 5.74) is 4.36. The van der Waals surface area contributed by atoms with Gasteiger partial charge in [0.05, 0.1) is 19.2 Å². The molecule has 2 aromatic carbocycles. The van der Waals surface area contributed by atoms with Crippen molar-refractivity contribution in [3.8, 4) is 5.75 Å². The fourth-order valence-electron chi connectivity index (χ4n) is 3.87. The van der Waals surface area contributed by atoms with Gasteiger partial charge in [-0.05, 0) is 42.3 Å². The standard InChI is InChI=1S/C21H24N2O3/c1-22-12-17-5-3-2-4-16(17)11-19(22)21(25)23-8-9-26-20-7-6-15(14-24)10-18(20)13-23/h2-7,10,19,24H,8-9,11-14H2,1H3/t19-/m1/s1. The number of aliphatic hydroxyl groups excluding tert-OH is 1. The zero-order chi connectivity index (χ0) is 18.1. The van der Waals surface area contributed by atoms with Gasteiger partial charge >= 0.3 is 0 Å². The minimum absolute atomic E-state index is 0.0105. The molecule has 4 rings (SSSR count). The molecule has 2 aliphatic heterocycles. The summed E-state index contributed by atoms with van der Waals surface area (Å²) < 4.78 is 5.81. The van der Waals surface area contributed by atoms with E-state index in [-0.39, 0.29) is 18.6 Å². The number of nitrogens with zero attached hydrogens (tertiary/aromatic N) is 2. The summed E-state index contributed by atoms with van der Waals surface area (Å²) in [6.07, 6.45) is 0.742. The molecule has 1 N–H and O–H groups in total. The minimum atomic E-state index is -0.146. The van der Waals surface area contributed by atoms with Crippen molar-refractivity contribution in [2.24, 2.45) is 0 Å². The van der Waals surface area contributed by atoms with E-state index in [1.54, 1.807) is 0 Å². The molecule has 0 aromatic heterocycles. The topological polar surface area (TPSA) is 53.0 Å². The average molecular weight is 352 g/mol. The van der Waals surface area contributed by atoms with Crippen molar-refractivity contribution >= 4 is 5.91 Å². The van der Waals surface area contributed by atoms with Crippen molar-refractivity contribution in [3.05, 3.63) is 64.7 Å². The molecule has 5 heteroatoms. The maximum atomic E-state index is 13.3. The molecule has 2 aromatic rings. The second-order valence-corrected chi connectivity index (χ2v) is 7.11. The molecule has 0 saturated heterocycles. The Morgan fingerprint density at radius 2 is 1.96 bits per heavy atom. The van der Waals surface area contributed by atoms with Gasteiger partial charge < -0.3 is 14.7 Å². The van der Waals surface area contributed by atoms with Crippen molar-refractivity contribution in [2.75, 3.05) is 20.2 Å². The zero-order valence-corrected chi connectivity index (χ0v) is 15.0. The summed E-state index contributed by atoms with van der Waals surface area (Å²) in [5, 5.41) is 9.39. The summed E-state index contributed by atoms with van der Waals surface area (Å²) in [6.45, 7) is 2.37. The van der Waals surface area contributed by atoms with Gasteiger partial charge in [0.15, 0.2) is 0 Å². The minimum Gasteiger partial charge on any atom is -0.491 e. The van der Waals surface area contributed by atoms with E-state index in [9.17, 15) is 9.90 Å². The Balaban J connectivity index is 1.56. The molecule has 0 spiro atoms. The molecule has 0 saturated carbocycles. The number of rotatable bonds is 2. The van der Waals surface area contributed by atoms with Gasteiger partial charge in [-0.15, -0.1) is 0 Å². The molecule has 1 atom stereocenters. The van der Waals surface area contributed by atoms with E-state index in [4.69, 9.17) is 4.74 Å². The van der Waals surface area contributed by atoms with Gasteiger partial charge in [-0.1, -0.05) is 30.3 Å². The number of amides is 1. The van der Waals surface area contributed by atoms with Gasteiger partial charge in [-0.2, -0.15) is 0 Å². The van der Waals surface area contributed by atoms with Gasteiger partial charge in [-0.3, -0.25) is 9.69 Å². The predicted molar refractivity (Wildman–Crippen MR) is 98.7 cm³/mol. The Bertz CT molecular complexity index is 821. The number of benzene rings is 2. The Hall–Kier alpha value is -2.37. The number of hydrogen-bond donors (Lipinski definition) is 1. The lowest BCUT2D eigenvalue weighted by molar-refractivity contribution is -0.137. The first-order valence-electron chi connectivity index (χ1n) is 9.07. The number of aliphatic hydroxyl groups is 1. The maximum Gasteiger partial charge on any atom is 0.240 e. The van der Waals surface area contributed by atoms with Crippen molar-refractivity contribution in [1.29, 1.82) is 0 Å². The van der Waals surface area contributed by atoms with Crippen LogP contribution < -0.4 is 4.74 Å². The lowest BCUT2D eigenvalue weighted by Crippen LogP contribution is -2.50. The van der Waals surface area contributed by atoms with Gasteiger partial charge in [0.25, 0.3) is 0 Å². The van der Waals surface area contributed by atoms with Crippen molar-refractivity contribution in [2.45, 2.75) is 32.2 Å². The molecule has 0 bridgehead atoms. The highest BCUT2D eigenvalue weighted by Crippen LogP contribution is 2.27. The van der Waals surface area contributed by atoms with Crippen molar-refractivity contribution < 1.29 is 14.6 Å². The summed E-state index contributed by atoms with van der Waals surface area (Å²) in [5.74, 6) is 0.952. The highest BCUT2D eigenvalue weighted by atomic mass is 16.5. The number of ether oxygens (including phenoxy) is 1. The molecule has 0 fully saturated rings. The van der Waals surface area contributed by atoms with Gasteiger partial charge in [0.1, 0.15) is 12.4 Å². The number of likely N-dealkylation sites (N-methyl/N-ethyl adjacent to an activating group) is 1. The highest BCUT2D eigenvalue weighted by Gasteiger charge is 2.33. The molecule has 0 unspecified atom stereocenters. The first kappa shape index (κ1) is 17.1. The number of hydrogen-bond acceptors (Lipinski definition) is 4. The molecule has 5 nitrogen and oxygen atoms in total. The van der Waals surface area contributed by atoms with E-state index in [0.29, 0.717) is 19.7 Å². The van der Waals surface area contributed by atoms with E-state index in [1.165, 1.54) is 11.1 Å². The zero-order valence-electron chi connectivity index (χ0n) is 15.0. The van der Waals surface area contributed by atoms with Crippen molar-refractivity contribution in [1.82, 2.24) is 9.80 Å². The van der Waals surface area contributed by atoms with E-state index in [2.05, 4.69) is 23.1 Å². The SMILES string of the molecule is CN1Cc2ccccc2C[C@@H]1C(=O)N1CCOc2ccc(CO)cc2C1. The molecule has 2 heterocycles. The first-order valence-corrected chi connectivity index (χ1v) is 9.07. The fraction of sp³-hybridized carbons (Fsp3) is 0.381. The molecule has 2 aliphatic rings. The smallest absolute Gasteiger partial charge is 0.240 e. The van der Waals surface area contributed by atoms with Gasteiger partial charge in [0, 0.05) is 18.7 Å². The summed E-state index contributed by atoms with van der Waals surface area (Å²) in [4.78, 5) is 17.3. The second kappa shape index (κ2) is 7.09. The molecular weight excluding hydrogens is 328 g/mol. The predicted octanol–water partition coefficient (Wildman–Crippen LogP) is 1.96. The van der Waals surface area contributed by atoms with Crippen LogP contribution >= 0.6 is 0 Å². The number of fused-ring (bicyclic) bond motifs is 2. The van der Waals surface area contributed by atoms with E-state index < -0.39 is 0 Å². The molecule has 1 amide bonds. The van der Waals surface area contributed by atoms with E-state index in [1.807, 2.05) is 36.2 Å². The summed E-state index contributed by atoms with van der Waals surface area (Å²) in [7, 11) is 2.02. The van der Waals surface area contributed by atoms with Crippen LogP contribution in [0.2, 0.25) is 0 Å².